The van der Waals surface area contributed by atoms with Crippen molar-refractivity contribution in [2.45, 2.75) is 19.3 Å². The Bertz CT molecular complexity index is 548. The summed E-state index contributed by atoms with van der Waals surface area (Å²) in [5, 5.41) is 4.50. The van der Waals surface area contributed by atoms with Crippen molar-refractivity contribution in [2.75, 3.05) is 5.73 Å². The minimum absolute atomic E-state index is 0.395. The molecule has 2 N–H and O–H groups in total. The molecule has 1 aromatic heterocycles. The standard InChI is InChI=1S/C12H11ClN2O/c13-10-5-8(11-6-12(14)15-16-11)4-7-2-1-3-9(7)10/h4-6H,1-3H2,(H2,14,15). The largest absolute Gasteiger partial charge is 0.381 e. The first-order chi connectivity index (χ1) is 7.74. The molecule has 0 unspecified atom stereocenters. The second-order valence-corrected chi connectivity index (χ2v) is 4.47. The van der Waals surface area contributed by atoms with Crippen molar-refractivity contribution >= 4 is 17.4 Å². The van der Waals surface area contributed by atoms with Crippen molar-refractivity contribution in [3.63, 3.8) is 0 Å². The van der Waals surface area contributed by atoms with Crippen molar-refractivity contribution in [1.29, 1.82) is 0 Å². The highest BCUT2D eigenvalue weighted by Gasteiger charge is 2.17. The van der Waals surface area contributed by atoms with Crippen molar-refractivity contribution in [3.8, 4) is 11.3 Å². The van der Waals surface area contributed by atoms with E-state index in [2.05, 4.69) is 11.2 Å². The number of hydrogen-bond donors (Lipinski definition) is 1. The van der Waals surface area contributed by atoms with E-state index in [4.69, 9.17) is 21.9 Å². The van der Waals surface area contributed by atoms with Crippen LogP contribution in [-0.2, 0) is 12.8 Å². The number of nitrogen functional groups attached to an aromatic ring is 1. The Morgan fingerprint density at radius 2 is 2.12 bits per heavy atom. The molecule has 1 heterocycles. The third kappa shape index (κ3) is 1.48. The average molecular weight is 235 g/mol. The van der Waals surface area contributed by atoms with Crippen LogP contribution in [0.5, 0.6) is 0 Å². The Kier molecular flexibility index (Phi) is 2.14. The van der Waals surface area contributed by atoms with Crippen LogP contribution in [0, 0.1) is 0 Å². The van der Waals surface area contributed by atoms with Crippen LogP contribution in [0.4, 0.5) is 5.82 Å². The summed E-state index contributed by atoms with van der Waals surface area (Å²) < 4.78 is 5.13. The van der Waals surface area contributed by atoms with Gasteiger partial charge in [0.1, 0.15) is 0 Å². The van der Waals surface area contributed by atoms with Crippen LogP contribution in [0.25, 0.3) is 11.3 Å². The molecule has 0 radical (unpaired) electrons. The molecule has 0 bridgehead atoms. The van der Waals surface area contributed by atoms with Gasteiger partial charge in [-0.25, -0.2) is 0 Å². The Labute approximate surface area is 98.2 Å². The van der Waals surface area contributed by atoms with Crippen LogP contribution in [0.15, 0.2) is 22.7 Å². The highest BCUT2D eigenvalue weighted by Crippen LogP contribution is 2.34. The number of aromatic nitrogens is 1. The molecule has 1 aliphatic rings. The van der Waals surface area contributed by atoms with Gasteiger partial charge in [0.05, 0.1) is 0 Å². The molecule has 0 atom stereocenters. The summed E-state index contributed by atoms with van der Waals surface area (Å²) in [6.45, 7) is 0. The maximum Gasteiger partial charge on any atom is 0.169 e. The Balaban J connectivity index is 2.12. The summed E-state index contributed by atoms with van der Waals surface area (Å²) in [7, 11) is 0. The predicted molar refractivity (Wildman–Crippen MR) is 63.4 cm³/mol. The summed E-state index contributed by atoms with van der Waals surface area (Å²) in [5.41, 5.74) is 9.08. The molecular weight excluding hydrogens is 224 g/mol. The maximum absolute atomic E-state index is 6.24. The van der Waals surface area contributed by atoms with E-state index in [0.717, 1.165) is 23.4 Å². The molecule has 0 amide bonds. The van der Waals surface area contributed by atoms with Crippen LogP contribution in [0.1, 0.15) is 17.5 Å². The molecule has 4 heteroatoms. The second-order valence-electron chi connectivity index (χ2n) is 4.07. The zero-order valence-electron chi connectivity index (χ0n) is 8.66. The van der Waals surface area contributed by atoms with Crippen LogP contribution >= 0.6 is 11.6 Å². The number of benzene rings is 1. The third-order valence-corrected chi connectivity index (χ3v) is 3.31. The number of nitrogens with zero attached hydrogens (tertiary/aromatic N) is 1. The minimum Gasteiger partial charge on any atom is -0.381 e. The van der Waals surface area contributed by atoms with E-state index in [9.17, 15) is 0 Å². The lowest BCUT2D eigenvalue weighted by Gasteiger charge is -2.04. The number of aryl methyl sites for hydroxylation is 1. The first kappa shape index (κ1) is 9.73. The Morgan fingerprint density at radius 1 is 1.25 bits per heavy atom. The molecule has 2 aromatic rings. The van der Waals surface area contributed by atoms with E-state index in [1.165, 1.54) is 17.5 Å². The van der Waals surface area contributed by atoms with Gasteiger partial charge in [-0.2, -0.15) is 0 Å². The van der Waals surface area contributed by atoms with Crippen molar-refractivity contribution < 1.29 is 4.52 Å². The zero-order chi connectivity index (χ0) is 11.1. The molecule has 1 aliphatic carbocycles. The Morgan fingerprint density at radius 3 is 2.88 bits per heavy atom. The van der Waals surface area contributed by atoms with Crippen molar-refractivity contribution in [3.05, 3.63) is 34.3 Å². The highest BCUT2D eigenvalue weighted by molar-refractivity contribution is 6.31. The lowest BCUT2D eigenvalue weighted by atomic mass is 10.0. The van der Waals surface area contributed by atoms with E-state index in [0.29, 0.717) is 11.6 Å². The highest BCUT2D eigenvalue weighted by atomic mass is 35.5. The van der Waals surface area contributed by atoms with E-state index in [1.807, 2.05) is 6.07 Å². The van der Waals surface area contributed by atoms with Gasteiger partial charge in [0, 0.05) is 16.7 Å². The second kappa shape index (κ2) is 3.52. The molecule has 0 saturated carbocycles. The van der Waals surface area contributed by atoms with Gasteiger partial charge in [-0.15, -0.1) is 0 Å². The molecule has 0 fully saturated rings. The fourth-order valence-electron chi connectivity index (χ4n) is 2.22. The first-order valence-electron chi connectivity index (χ1n) is 5.28. The number of nitrogens with two attached hydrogens (primary N) is 1. The van der Waals surface area contributed by atoms with Crippen molar-refractivity contribution in [1.82, 2.24) is 5.16 Å². The smallest absolute Gasteiger partial charge is 0.169 e. The molecule has 0 spiro atoms. The molecule has 0 aliphatic heterocycles. The number of anilines is 1. The number of hydrogen-bond acceptors (Lipinski definition) is 3. The summed E-state index contributed by atoms with van der Waals surface area (Å²) in [4.78, 5) is 0. The van der Waals surface area contributed by atoms with Gasteiger partial charge in [0.2, 0.25) is 0 Å². The number of rotatable bonds is 1. The average Bonchev–Trinajstić information content (AvgIpc) is 2.85. The van der Waals surface area contributed by atoms with Gasteiger partial charge in [0.15, 0.2) is 11.6 Å². The van der Waals surface area contributed by atoms with Crippen LogP contribution in [0.3, 0.4) is 0 Å². The number of fused-ring (bicyclic) bond motifs is 1. The fourth-order valence-corrected chi connectivity index (χ4v) is 2.55. The SMILES string of the molecule is Nc1cc(-c2cc(Cl)c3c(c2)CCC3)on1. The quantitative estimate of drug-likeness (QED) is 0.825. The van der Waals surface area contributed by atoms with Gasteiger partial charge < -0.3 is 10.3 Å². The topological polar surface area (TPSA) is 52.0 Å². The maximum atomic E-state index is 6.24. The van der Waals surface area contributed by atoms with E-state index < -0.39 is 0 Å². The Hall–Kier alpha value is -1.48. The molecule has 3 rings (SSSR count). The van der Waals surface area contributed by atoms with Crippen LogP contribution in [-0.4, -0.2) is 5.16 Å². The van der Waals surface area contributed by atoms with Gasteiger partial charge in [-0.1, -0.05) is 16.8 Å². The zero-order valence-corrected chi connectivity index (χ0v) is 9.42. The molecule has 0 saturated heterocycles. The lowest BCUT2D eigenvalue weighted by Crippen LogP contribution is -1.86. The summed E-state index contributed by atoms with van der Waals surface area (Å²) in [5.74, 6) is 1.07. The summed E-state index contributed by atoms with van der Waals surface area (Å²) in [6.07, 6.45) is 3.34. The van der Waals surface area contributed by atoms with E-state index in [1.54, 1.807) is 6.07 Å². The molecule has 16 heavy (non-hydrogen) atoms. The summed E-state index contributed by atoms with van der Waals surface area (Å²) in [6, 6.07) is 5.76. The lowest BCUT2D eigenvalue weighted by molar-refractivity contribution is 0.436. The molecule has 1 aromatic carbocycles. The van der Waals surface area contributed by atoms with Crippen LogP contribution in [0.2, 0.25) is 5.02 Å². The van der Waals surface area contributed by atoms with Gasteiger partial charge >= 0.3 is 0 Å². The normalized spacial score (nSPS) is 14.1. The molecule has 82 valence electrons. The fraction of sp³-hybridized carbons (Fsp3) is 0.250. The third-order valence-electron chi connectivity index (χ3n) is 2.97. The monoisotopic (exact) mass is 234 g/mol. The minimum atomic E-state index is 0.395. The molecule has 3 nitrogen and oxygen atoms in total. The van der Waals surface area contributed by atoms with E-state index in [-0.39, 0.29) is 0 Å². The van der Waals surface area contributed by atoms with Gasteiger partial charge in [-0.05, 0) is 42.5 Å². The summed E-state index contributed by atoms with van der Waals surface area (Å²) >= 11 is 6.24. The van der Waals surface area contributed by atoms with Crippen LogP contribution < -0.4 is 5.73 Å². The first-order valence-corrected chi connectivity index (χ1v) is 5.66. The van der Waals surface area contributed by atoms with Gasteiger partial charge in [-0.3, -0.25) is 0 Å². The van der Waals surface area contributed by atoms with Gasteiger partial charge in [0.25, 0.3) is 0 Å². The molecular formula is C12H11ClN2O. The van der Waals surface area contributed by atoms with E-state index >= 15 is 0 Å². The predicted octanol–water partition coefficient (Wildman–Crippen LogP) is 3.07. The number of halogens is 1. The van der Waals surface area contributed by atoms with Crippen molar-refractivity contribution in [2.24, 2.45) is 0 Å².